The van der Waals surface area contributed by atoms with E-state index in [0.717, 1.165) is 57.8 Å². The Balaban J connectivity index is 1.37. The van der Waals surface area contributed by atoms with Crippen LogP contribution in [0.3, 0.4) is 0 Å². The van der Waals surface area contributed by atoms with E-state index in [0.29, 0.717) is 24.7 Å². The van der Waals surface area contributed by atoms with Crippen LogP contribution in [0, 0.1) is 5.92 Å². The first-order chi connectivity index (χ1) is 14.2. The van der Waals surface area contributed by atoms with Crippen molar-refractivity contribution in [3.8, 4) is 0 Å². The van der Waals surface area contributed by atoms with Crippen molar-refractivity contribution in [2.75, 3.05) is 37.6 Å². The Kier molecular flexibility index (Phi) is 7.55. The van der Waals surface area contributed by atoms with Crippen molar-refractivity contribution >= 4 is 11.6 Å². The number of anilines is 1. The molecular formula is C21H28F5N3O. The van der Waals surface area contributed by atoms with Crippen molar-refractivity contribution in [1.29, 1.82) is 0 Å². The zero-order valence-corrected chi connectivity index (χ0v) is 16.8. The fourth-order valence-corrected chi connectivity index (χ4v) is 4.33. The molecular weight excluding hydrogens is 405 g/mol. The summed E-state index contributed by atoms with van der Waals surface area (Å²) in [6.07, 6.45) is -2.99. The lowest BCUT2D eigenvalue weighted by atomic mass is 9.84. The van der Waals surface area contributed by atoms with Crippen LogP contribution < -0.4 is 10.2 Å². The molecule has 9 heteroatoms. The molecule has 1 aliphatic carbocycles. The van der Waals surface area contributed by atoms with Crippen LogP contribution in [-0.2, 0) is 11.0 Å². The van der Waals surface area contributed by atoms with Crippen LogP contribution in [0.1, 0.15) is 37.7 Å². The fourth-order valence-electron chi connectivity index (χ4n) is 4.33. The highest BCUT2D eigenvalue weighted by Crippen LogP contribution is 2.32. The third-order valence-electron chi connectivity index (χ3n) is 6.16. The van der Waals surface area contributed by atoms with E-state index in [1.807, 2.05) is 4.90 Å². The van der Waals surface area contributed by atoms with Crippen molar-refractivity contribution in [3.63, 3.8) is 0 Å². The monoisotopic (exact) mass is 433 g/mol. The maximum atomic E-state index is 12.9. The van der Waals surface area contributed by atoms with Crippen molar-refractivity contribution in [2.24, 2.45) is 5.92 Å². The quantitative estimate of drug-likeness (QED) is 0.685. The second kappa shape index (κ2) is 9.94. The second-order valence-electron chi connectivity index (χ2n) is 8.19. The molecule has 1 aliphatic heterocycles. The maximum absolute atomic E-state index is 12.9. The van der Waals surface area contributed by atoms with Crippen molar-refractivity contribution in [2.45, 2.75) is 50.7 Å². The van der Waals surface area contributed by atoms with Crippen LogP contribution in [0.2, 0.25) is 0 Å². The highest BCUT2D eigenvalue weighted by molar-refractivity contribution is 5.79. The van der Waals surface area contributed by atoms with Gasteiger partial charge >= 0.3 is 12.6 Å². The average Bonchev–Trinajstić information content (AvgIpc) is 2.73. The van der Waals surface area contributed by atoms with Gasteiger partial charge in [-0.15, -0.1) is 0 Å². The summed E-state index contributed by atoms with van der Waals surface area (Å²) in [4.78, 5) is 15.4. The molecule has 0 aromatic heterocycles. The van der Waals surface area contributed by atoms with Gasteiger partial charge in [0.25, 0.3) is 5.91 Å². The van der Waals surface area contributed by atoms with Crippen molar-refractivity contribution in [1.82, 2.24) is 10.2 Å². The van der Waals surface area contributed by atoms with E-state index in [1.54, 1.807) is 6.07 Å². The number of hydrogen-bond acceptors (Lipinski definition) is 3. The molecule has 1 aromatic carbocycles. The second-order valence-corrected chi connectivity index (χ2v) is 8.19. The molecule has 2 aliphatic rings. The Hall–Kier alpha value is -1.90. The highest BCUT2D eigenvalue weighted by atomic mass is 19.4. The van der Waals surface area contributed by atoms with E-state index in [2.05, 4.69) is 10.2 Å². The first kappa shape index (κ1) is 22.8. The van der Waals surface area contributed by atoms with E-state index in [4.69, 9.17) is 0 Å². The largest absolute Gasteiger partial charge is 0.416 e. The third kappa shape index (κ3) is 6.30. The van der Waals surface area contributed by atoms with Gasteiger partial charge in [0, 0.05) is 37.9 Å². The number of halogens is 5. The summed E-state index contributed by atoms with van der Waals surface area (Å²) in [6.45, 7) is 3.91. The lowest BCUT2D eigenvalue weighted by molar-refractivity contribution is -0.137. The molecule has 1 aromatic rings. The molecule has 0 spiro atoms. The van der Waals surface area contributed by atoms with E-state index in [-0.39, 0.29) is 6.04 Å². The van der Waals surface area contributed by atoms with Gasteiger partial charge in [0.15, 0.2) is 0 Å². The van der Waals surface area contributed by atoms with Gasteiger partial charge in [-0.25, -0.2) is 0 Å². The Morgan fingerprint density at radius 3 is 2.33 bits per heavy atom. The van der Waals surface area contributed by atoms with Crippen molar-refractivity contribution in [3.05, 3.63) is 29.8 Å². The van der Waals surface area contributed by atoms with Crippen molar-refractivity contribution < 1.29 is 26.7 Å². The van der Waals surface area contributed by atoms with Gasteiger partial charge in [0.1, 0.15) is 0 Å². The third-order valence-corrected chi connectivity index (χ3v) is 6.16. The number of carbonyl (C=O) groups excluding carboxylic acids is 1. The molecule has 0 atom stereocenters. The van der Waals surface area contributed by atoms with Crippen LogP contribution in [0.25, 0.3) is 0 Å². The van der Waals surface area contributed by atoms with E-state index in [1.165, 1.54) is 12.1 Å². The minimum absolute atomic E-state index is 0.154. The Morgan fingerprint density at radius 1 is 1.07 bits per heavy atom. The van der Waals surface area contributed by atoms with Crippen LogP contribution in [0.4, 0.5) is 27.6 Å². The van der Waals surface area contributed by atoms with Crippen LogP contribution >= 0.6 is 0 Å². The summed E-state index contributed by atoms with van der Waals surface area (Å²) in [6, 6.07) is 5.31. The standard InChI is InChI=1S/C21H28F5N3O/c22-19(23)20(30)27-17-6-4-15(5-7-17)8-9-28-10-12-29(13-11-28)18-3-1-2-16(14-18)21(24,25)26/h1-3,14-15,17,19H,4-13H2,(H,27,30). The topological polar surface area (TPSA) is 35.6 Å². The van der Waals surface area contributed by atoms with Gasteiger partial charge in [-0.05, 0) is 62.8 Å². The van der Waals surface area contributed by atoms with Crippen LogP contribution in [-0.4, -0.2) is 56.0 Å². The number of rotatable bonds is 6. The zero-order chi connectivity index (χ0) is 21.7. The fraction of sp³-hybridized carbons (Fsp3) is 0.667. The molecule has 2 fully saturated rings. The number of hydrogen-bond donors (Lipinski definition) is 1. The number of alkyl halides is 5. The maximum Gasteiger partial charge on any atom is 0.416 e. The van der Waals surface area contributed by atoms with E-state index in [9.17, 15) is 26.7 Å². The summed E-state index contributed by atoms with van der Waals surface area (Å²) in [7, 11) is 0. The predicted molar refractivity (Wildman–Crippen MR) is 105 cm³/mol. The number of nitrogens with one attached hydrogen (secondary N) is 1. The zero-order valence-electron chi connectivity index (χ0n) is 16.8. The van der Waals surface area contributed by atoms with Crippen LogP contribution in [0.15, 0.2) is 24.3 Å². The molecule has 0 unspecified atom stereocenters. The molecule has 0 radical (unpaired) electrons. The average molecular weight is 433 g/mol. The summed E-state index contributed by atoms with van der Waals surface area (Å²) < 4.78 is 63.4. The number of nitrogens with zero attached hydrogens (tertiary/aromatic N) is 2. The molecule has 1 heterocycles. The number of piperazine rings is 1. The van der Waals surface area contributed by atoms with E-state index >= 15 is 0 Å². The van der Waals surface area contributed by atoms with E-state index < -0.39 is 24.1 Å². The summed E-state index contributed by atoms with van der Waals surface area (Å²) in [5.41, 5.74) is -0.0172. The summed E-state index contributed by atoms with van der Waals surface area (Å²) >= 11 is 0. The minimum Gasteiger partial charge on any atom is -0.369 e. The van der Waals surface area contributed by atoms with Gasteiger partial charge in [-0.2, -0.15) is 22.0 Å². The van der Waals surface area contributed by atoms with Gasteiger partial charge in [-0.1, -0.05) is 6.07 Å². The molecule has 1 N–H and O–H groups in total. The molecule has 1 amide bonds. The molecule has 168 valence electrons. The SMILES string of the molecule is O=C(NC1CCC(CCN2CCN(c3cccc(C(F)(F)F)c3)CC2)CC1)C(F)F. The van der Waals surface area contributed by atoms with Crippen LogP contribution in [0.5, 0.6) is 0 Å². The lowest BCUT2D eigenvalue weighted by Crippen LogP contribution is -2.47. The molecule has 0 bridgehead atoms. The number of amides is 1. The predicted octanol–water partition coefficient (Wildman–Crippen LogP) is 4.16. The first-order valence-corrected chi connectivity index (χ1v) is 10.5. The van der Waals surface area contributed by atoms with Gasteiger partial charge in [0.05, 0.1) is 5.56 Å². The Bertz CT molecular complexity index is 696. The smallest absolute Gasteiger partial charge is 0.369 e. The summed E-state index contributed by atoms with van der Waals surface area (Å²) in [5.74, 6) is -0.664. The molecule has 1 saturated heterocycles. The minimum atomic E-state index is -4.33. The Morgan fingerprint density at radius 2 is 1.73 bits per heavy atom. The van der Waals surface area contributed by atoms with Gasteiger partial charge < -0.3 is 10.2 Å². The first-order valence-electron chi connectivity index (χ1n) is 10.5. The Labute approximate surface area is 173 Å². The number of benzene rings is 1. The highest BCUT2D eigenvalue weighted by Gasteiger charge is 2.31. The number of carbonyl (C=O) groups is 1. The molecule has 30 heavy (non-hydrogen) atoms. The summed E-state index contributed by atoms with van der Waals surface area (Å²) in [5, 5.41) is 2.40. The van der Waals surface area contributed by atoms with Gasteiger partial charge in [-0.3, -0.25) is 9.69 Å². The molecule has 1 saturated carbocycles. The lowest BCUT2D eigenvalue weighted by Gasteiger charge is -2.37. The molecule has 3 rings (SSSR count). The molecule has 4 nitrogen and oxygen atoms in total. The van der Waals surface area contributed by atoms with Gasteiger partial charge in [0.2, 0.25) is 0 Å². The normalized spacial score (nSPS) is 23.6.